The molecule has 4 heteroatoms. The minimum Gasteiger partial charge on any atom is -0.461 e. The molecule has 0 N–H and O–H groups in total. The average Bonchev–Trinajstić information content (AvgIpc) is 2.25. The van der Waals surface area contributed by atoms with Gasteiger partial charge in [-0.3, -0.25) is 4.79 Å². The summed E-state index contributed by atoms with van der Waals surface area (Å²) in [4.78, 5) is 11.1. The minimum atomic E-state index is -0.209. The van der Waals surface area contributed by atoms with Gasteiger partial charge >= 0.3 is 5.97 Å². The van der Waals surface area contributed by atoms with Gasteiger partial charge in [-0.2, -0.15) is 0 Å². The van der Waals surface area contributed by atoms with Crippen molar-refractivity contribution in [2.75, 3.05) is 26.4 Å². The molecule has 0 saturated carbocycles. The van der Waals surface area contributed by atoms with Gasteiger partial charge < -0.3 is 14.2 Å². The molecule has 4 nitrogen and oxygen atoms in total. The van der Waals surface area contributed by atoms with Crippen LogP contribution in [0.1, 0.15) is 12.8 Å². The maximum Gasteiger partial charge on any atom is 0.306 e. The molecule has 1 aliphatic rings. The molecule has 1 saturated heterocycles. The van der Waals surface area contributed by atoms with Crippen molar-refractivity contribution in [3.05, 3.63) is 12.7 Å². The van der Waals surface area contributed by atoms with Gasteiger partial charge in [0.15, 0.2) is 0 Å². The van der Waals surface area contributed by atoms with Crippen LogP contribution in [-0.2, 0) is 19.0 Å². The molecular formula is C10H16O4. The fourth-order valence-corrected chi connectivity index (χ4v) is 1.21. The fourth-order valence-electron chi connectivity index (χ4n) is 1.21. The first kappa shape index (κ1) is 11.2. The summed E-state index contributed by atoms with van der Waals surface area (Å²) in [5.74, 6) is -0.209. The number of rotatable bonds is 5. The lowest BCUT2D eigenvalue weighted by Crippen LogP contribution is -2.29. The zero-order valence-electron chi connectivity index (χ0n) is 8.24. The molecule has 0 aliphatic carbocycles. The molecule has 1 heterocycles. The van der Waals surface area contributed by atoms with Crippen molar-refractivity contribution in [1.29, 1.82) is 0 Å². The molecule has 1 unspecified atom stereocenters. The van der Waals surface area contributed by atoms with E-state index in [1.165, 1.54) is 0 Å². The molecule has 14 heavy (non-hydrogen) atoms. The van der Waals surface area contributed by atoms with E-state index in [-0.39, 0.29) is 18.7 Å². The van der Waals surface area contributed by atoms with Crippen LogP contribution >= 0.6 is 0 Å². The quantitative estimate of drug-likeness (QED) is 0.489. The molecule has 0 spiro atoms. The van der Waals surface area contributed by atoms with Crippen molar-refractivity contribution in [1.82, 2.24) is 0 Å². The van der Waals surface area contributed by atoms with Gasteiger partial charge in [0.25, 0.3) is 0 Å². The van der Waals surface area contributed by atoms with Crippen molar-refractivity contribution >= 4 is 5.97 Å². The molecule has 0 radical (unpaired) electrons. The average molecular weight is 200 g/mol. The number of ether oxygens (including phenoxy) is 3. The summed E-state index contributed by atoms with van der Waals surface area (Å²) < 4.78 is 15.4. The first-order chi connectivity index (χ1) is 6.83. The molecule has 1 rings (SSSR count). The molecule has 0 bridgehead atoms. The normalized spacial score (nSPS) is 21.6. The smallest absolute Gasteiger partial charge is 0.306 e. The lowest BCUT2D eigenvalue weighted by atomic mass is 10.2. The van der Waals surface area contributed by atoms with Gasteiger partial charge in [0.2, 0.25) is 0 Å². The Kier molecular flexibility index (Phi) is 5.25. The number of hydrogen-bond acceptors (Lipinski definition) is 4. The minimum absolute atomic E-state index is 0.0417. The van der Waals surface area contributed by atoms with E-state index < -0.39 is 0 Å². The van der Waals surface area contributed by atoms with Crippen molar-refractivity contribution in [3.8, 4) is 0 Å². The van der Waals surface area contributed by atoms with Gasteiger partial charge in [0.05, 0.1) is 25.9 Å². The van der Waals surface area contributed by atoms with E-state index >= 15 is 0 Å². The Hall–Kier alpha value is -0.870. The highest BCUT2D eigenvalue weighted by atomic mass is 16.6. The van der Waals surface area contributed by atoms with E-state index in [1.54, 1.807) is 6.08 Å². The molecular weight excluding hydrogens is 184 g/mol. The van der Waals surface area contributed by atoms with Crippen molar-refractivity contribution in [2.45, 2.75) is 18.9 Å². The molecule has 0 aromatic rings. The number of hydrogen-bond donors (Lipinski definition) is 0. The third-order valence-corrected chi connectivity index (χ3v) is 1.92. The van der Waals surface area contributed by atoms with Crippen molar-refractivity contribution in [2.24, 2.45) is 0 Å². The summed E-state index contributed by atoms with van der Waals surface area (Å²) in [6.45, 7) is 5.59. The zero-order chi connectivity index (χ0) is 10.2. The van der Waals surface area contributed by atoms with Gasteiger partial charge in [0.1, 0.15) is 6.61 Å². The Balaban J connectivity index is 2.06. The van der Waals surface area contributed by atoms with E-state index in [4.69, 9.17) is 14.2 Å². The predicted octanol–water partition coefficient (Wildman–Crippen LogP) is 0.911. The van der Waals surface area contributed by atoms with Crippen molar-refractivity contribution in [3.63, 3.8) is 0 Å². The second-order valence-electron chi connectivity index (χ2n) is 3.08. The first-order valence-electron chi connectivity index (χ1n) is 4.79. The molecule has 0 aromatic heterocycles. The van der Waals surface area contributed by atoms with E-state index in [9.17, 15) is 4.79 Å². The van der Waals surface area contributed by atoms with Gasteiger partial charge in [-0.25, -0.2) is 0 Å². The van der Waals surface area contributed by atoms with E-state index in [1.807, 2.05) is 0 Å². The summed E-state index contributed by atoms with van der Waals surface area (Å²) in [5.41, 5.74) is 0. The molecule has 0 aromatic carbocycles. The third-order valence-electron chi connectivity index (χ3n) is 1.92. The van der Waals surface area contributed by atoms with Crippen LogP contribution < -0.4 is 0 Å². The monoisotopic (exact) mass is 200 g/mol. The molecule has 80 valence electrons. The second kappa shape index (κ2) is 6.56. The largest absolute Gasteiger partial charge is 0.461 e. The Labute approximate surface area is 83.8 Å². The van der Waals surface area contributed by atoms with E-state index in [0.717, 1.165) is 0 Å². The number of esters is 1. The third kappa shape index (κ3) is 4.39. The zero-order valence-corrected chi connectivity index (χ0v) is 8.24. The predicted molar refractivity (Wildman–Crippen MR) is 50.9 cm³/mol. The van der Waals surface area contributed by atoms with Crippen LogP contribution in [-0.4, -0.2) is 38.5 Å². The lowest BCUT2D eigenvalue weighted by molar-refractivity contribution is -0.144. The molecule has 1 aliphatic heterocycles. The Morgan fingerprint density at radius 3 is 3.07 bits per heavy atom. The highest BCUT2D eigenvalue weighted by Crippen LogP contribution is 2.08. The van der Waals surface area contributed by atoms with E-state index in [2.05, 4.69) is 6.58 Å². The van der Waals surface area contributed by atoms with Crippen LogP contribution in [0.4, 0.5) is 0 Å². The highest BCUT2D eigenvalue weighted by Gasteiger charge is 2.15. The summed E-state index contributed by atoms with van der Waals surface area (Å²) in [5, 5.41) is 0. The number of carbonyl (C=O) groups excluding carboxylic acids is 1. The summed E-state index contributed by atoms with van der Waals surface area (Å²) in [6.07, 6.45) is 2.63. The van der Waals surface area contributed by atoms with Gasteiger partial charge in [-0.05, 0) is 6.42 Å². The Bertz CT molecular complexity index is 185. The van der Waals surface area contributed by atoms with Gasteiger partial charge in [0, 0.05) is 6.42 Å². The lowest BCUT2D eigenvalue weighted by Gasteiger charge is -2.22. The van der Waals surface area contributed by atoms with Gasteiger partial charge in [-0.1, -0.05) is 12.7 Å². The summed E-state index contributed by atoms with van der Waals surface area (Å²) in [7, 11) is 0. The van der Waals surface area contributed by atoms with Crippen LogP contribution in [0.25, 0.3) is 0 Å². The Morgan fingerprint density at radius 2 is 2.43 bits per heavy atom. The van der Waals surface area contributed by atoms with Crippen LogP contribution in [0.2, 0.25) is 0 Å². The second-order valence-corrected chi connectivity index (χ2v) is 3.08. The van der Waals surface area contributed by atoms with Crippen LogP contribution in [0.5, 0.6) is 0 Å². The number of carbonyl (C=O) groups is 1. The molecule has 1 atom stereocenters. The standard InChI is InChI=1S/C10H16O4/c1-2-5-14-10(11)4-3-9-8-12-6-7-13-9/h2,9H,1,3-8H2. The first-order valence-corrected chi connectivity index (χ1v) is 4.79. The maximum absolute atomic E-state index is 11.1. The summed E-state index contributed by atoms with van der Waals surface area (Å²) in [6, 6.07) is 0. The van der Waals surface area contributed by atoms with Gasteiger partial charge in [-0.15, -0.1) is 0 Å². The maximum atomic E-state index is 11.1. The molecule has 1 fully saturated rings. The van der Waals surface area contributed by atoms with Crippen LogP contribution in [0.3, 0.4) is 0 Å². The topological polar surface area (TPSA) is 44.8 Å². The summed E-state index contributed by atoms with van der Waals surface area (Å²) >= 11 is 0. The SMILES string of the molecule is C=CCOC(=O)CCC1COCCO1. The van der Waals surface area contributed by atoms with E-state index in [0.29, 0.717) is 32.7 Å². The van der Waals surface area contributed by atoms with Crippen molar-refractivity contribution < 1.29 is 19.0 Å². The van der Waals surface area contributed by atoms with Crippen LogP contribution in [0, 0.1) is 0 Å². The fraction of sp³-hybridized carbons (Fsp3) is 0.700. The molecule has 0 amide bonds. The van der Waals surface area contributed by atoms with Crippen LogP contribution in [0.15, 0.2) is 12.7 Å². The highest BCUT2D eigenvalue weighted by molar-refractivity contribution is 5.69. The Morgan fingerprint density at radius 1 is 1.57 bits per heavy atom.